The maximum Gasteiger partial charge on any atom is 0.331 e. The zero-order valence-corrected chi connectivity index (χ0v) is 19.6. The molecule has 0 unspecified atom stereocenters. The van der Waals surface area contributed by atoms with Crippen LogP contribution >= 0.6 is 0 Å². The minimum absolute atomic E-state index is 0.389. The summed E-state index contributed by atoms with van der Waals surface area (Å²) in [4.78, 5) is 28.2. The minimum Gasteiger partial charge on any atom is -0.463 e. The van der Waals surface area contributed by atoms with Crippen molar-refractivity contribution in [3.05, 3.63) is 12.2 Å². The average molecular weight is 455 g/mol. The van der Waals surface area contributed by atoms with Gasteiger partial charge >= 0.3 is 11.9 Å². The molecule has 0 bridgehead atoms. The first-order chi connectivity index (χ1) is 15.7. The zero-order chi connectivity index (χ0) is 22.7. The van der Waals surface area contributed by atoms with Gasteiger partial charge in [0, 0.05) is 38.3 Å². The van der Waals surface area contributed by atoms with Gasteiger partial charge in [-0.05, 0) is 38.8 Å². The molecule has 2 rings (SSSR count). The molecular weight excluding hydrogens is 412 g/mol. The summed E-state index contributed by atoms with van der Waals surface area (Å²) in [5.41, 5.74) is 0. The van der Waals surface area contributed by atoms with Gasteiger partial charge in [-0.15, -0.1) is 0 Å². The predicted molar refractivity (Wildman–Crippen MR) is 123 cm³/mol. The molecule has 0 N–H and O–H groups in total. The smallest absolute Gasteiger partial charge is 0.331 e. The van der Waals surface area contributed by atoms with Gasteiger partial charge in [-0.2, -0.15) is 0 Å². The van der Waals surface area contributed by atoms with Crippen molar-refractivity contribution in [1.29, 1.82) is 0 Å². The maximum absolute atomic E-state index is 11.7. The number of nitrogens with zero attached hydrogens (tertiary/aromatic N) is 2. The molecule has 2 fully saturated rings. The largest absolute Gasteiger partial charge is 0.463 e. The van der Waals surface area contributed by atoms with Crippen LogP contribution in [0.15, 0.2) is 12.2 Å². The molecule has 8 nitrogen and oxygen atoms in total. The van der Waals surface area contributed by atoms with E-state index >= 15 is 0 Å². The number of unbranched alkanes of at least 4 members (excludes halogenated alkanes) is 6. The monoisotopic (exact) mass is 454 g/mol. The molecule has 0 atom stereocenters. The van der Waals surface area contributed by atoms with Crippen LogP contribution in [0.5, 0.6) is 0 Å². The van der Waals surface area contributed by atoms with E-state index < -0.39 is 11.9 Å². The molecule has 0 saturated carbocycles. The number of ether oxygens (including phenoxy) is 4. The highest BCUT2D eigenvalue weighted by molar-refractivity contribution is 5.91. The quantitative estimate of drug-likeness (QED) is 0.200. The Morgan fingerprint density at radius 3 is 1.38 bits per heavy atom. The van der Waals surface area contributed by atoms with Gasteiger partial charge in [-0.25, -0.2) is 9.59 Å². The van der Waals surface area contributed by atoms with Crippen molar-refractivity contribution >= 4 is 11.9 Å². The lowest BCUT2D eigenvalue weighted by Crippen LogP contribution is -2.36. The number of hydrogen-bond acceptors (Lipinski definition) is 8. The van der Waals surface area contributed by atoms with E-state index in [0.717, 1.165) is 129 Å². The van der Waals surface area contributed by atoms with E-state index in [2.05, 4.69) is 9.80 Å². The lowest BCUT2D eigenvalue weighted by molar-refractivity contribution is -0.140. The second-order valence-electron chi connectivity index (χ2n) is 8.40. The Bertz CT molecular complexity index is 485. The first-order valence-electron chi connectivity index (χ1n) is 12.4. The second-order valence-corrected chi connectivity index (χ2v) is 8.40. The third-order valence-electron chi connectivity index (χ3n) is 5.79. The Hall–Kier alpha value is -1.48. The lowest BCUT2D eigenvalue weighted by atomic mass is 10.2. The highest BCUT2D eigenvalue weighted by Crippen LogP contribution is 2.06. The highest BCUT2D eigenvalue weighted by Gasteiger charge is 2.10. The van der Waals surface area contributed by atoms with E-state index in [1.807, 2.05) is 0 Å². The van der Waals surface area contributed by atoms with Gasteiger partial charge in [-0.3, -0.25) is 9.80 Å². The number of hydrogen-bond donors (Lipinski definition) is 0. The molecule has 32 heavy (non-hydrogen) atoms. The van der Waals surface area contributed by atoms with Crippen LogP contribution in [0.1, 0.15) is 51.4 Å². The SMILES string of the molecule is O=C(C=CC(=O)OCCCCCCN1CCOCC1)OCCCCCCN1CCOCC1. The number of morpholine rings is 2. The number of esters is 2. The Morgan fingerprint density at radius 1 is 0.594 bits per heavy atom. The third kappa shape index (κ3) is 13.8. The first kappa shape index (κ1) is 26.8. The second kappa shape index (κ2) is 18.0. The van der Waals surface area contributed by atoms with Crippen molar-refractivity contribution in [3.63, 3.8) is 0 Å². The van der Waals surface area contributed by atoms with Crippen LogP contribution in [0.2, 0.25) is 0 Å². The van der Waals surface area contributed by atoms with Crippen LogP contribution in [0.25, 0.3) is 0 Å². The molecule has 8 heteroatoms. The van der Waals surface area contributed by atoms with Gasteiger partial charge in [0.2, 0.25) is 0 Å². The third-order valence-corrected chi connectivity index (χ3v) is 5.79. The molecule has 0 aromatic carbocycles. The fourth-order valence-electron chi connectivity index (χ4n) is 3.81. The van der Waals surface area contributed by atoms with Gasteiger partial charge in [0.15, 0.2) is 0 Å². The van der Waals surface area contributed by atoms with Crippen LogP contribution in [0.4, 0.5) is 0 Å². The summed E-state index contributed by atoms with van der Waals surface area (Å²) in [6, 6.07) is 0. The molecule has 0 amide bonds. The summed E-state index contributed by atoms with van der Waals surface area (Å²) in [5.74, 6) is -0.975. The fourth-order valence-corrected chi connectivity index (χ4v) is 3.81. The molecule has 0 spiro atoms. The standard InChI is InChI=1S/C24H42N2O6/c27-23(31-17-7-3-1-5-11-25-13-19-29-20-14-25)9-10-24(28)32-18-8-4-2-6-12-26-15-21-30-22-16-26/h9-10H,1-8,11-22H2. The predicted octanol–water partition coefficient (Wildman–Crippen LogP) is 2.41. The first-order valence-corrected chi connectivity index (χ1v) is 12.4. The van der Waals surface area contributed by atoms with Crippen molar-refractivity contribution in [2.75, 3.05) is 78.9 Å². The van der Waals surface area contributed by atoms with Crippen molar-refractivity contribution in [3.8, 4) is 0 Å². The van der Waals surface area contributed by atoms with Crippen molar-refractivity contribution in [2.24, 2.45) is 0 Å². The van der Waals surface area contributed by atoms with E-state index in [-0.39, 0.29) is 0 Å². The van der Waals surface area contributed by atoms with Crippen molar-refractivity contribution in [2.45, 2.75) is 51.4 Å². The lowest BCUT2D eigenvalue weighted by Gasteiger charge is -2.26. The summed E-state index contributed by atoms with van der Waals surface area (Å²) >= 11 is 0. The van der Waals surface area contributed by atoms with Crippen LogP contribution in [-0.2, 0) is 28.5 Å². The highest BCUT2D eigenvalue weighted by atomic mass is 16.5. The molecule has 2 aliphatic heterocycles. The van der Waals surface area contributed by atoms with Gasteiger partial charge in [0.1, 0.15) is 0 Å². The average Bonchev–Trinajstić information content (AvgIpc) is 2.83. The van der Waals surface area contributed by atoms with Crippen LogP contribution in [0, 0.1) is 0 Å². The molecule has 2 saturated heterocycles. The summed E-state index contributed by atoms with van der Waals surface area (Å²) in [6.45, 7) is 10.5. The normalized spacial score (nSPS) is 18.1. The fraction of sp³-hybridized carbons (Fsp3) is 0.833. The Morgan fingerprint density at radius 2 is 0.969 bits per heavy atom. The summed E-state index contributed by atoms with van der Waals surface area (Å²) in [6.07, 6.45) is 10.7. The molecular formula is C24H42N2O6. The summed E-state index contributed by atoms with van der Waals surface area (Å²) < 4.78 is 21.0. The van der Waals surface area contributed by atoms with E-state index in [1.54, 1.807) is 0 Å². The molecule has 2 aliphatic rings. The molecule has 0 aromatic heterocycles. The molecule has 2 heterocycles. The van der Waals surface area contributed by atoms with Crippen molar-refractivity contribution < 1.29 is 28.5 Å². The van der Waals surface area contributed by atoms with E-state index in [9.17, 15) is 9.59 Å². The summed E-state index contributed by atoms with van der Waals surface area (Å²) in [7, 11) is 0. The Labute approximate surface area is 193 Å². The number of carbonyl (C=O) groups is 2. The van der Waals surface area contributed by atoms with Crippen LogP contribution in [0.3, 0.4) is 0 Å². The van der Waals surface area contributed by atoms with Gasteiger partial charge in [0.05, 0.1) is 39.6 Å². The maximum atomic E-state index is 11.7. The van der Waals surface area contributed by atoms with Crippen LogP contribution in [-0.4, -0.2) is 101 Å². The van der Waals surface area contributed by atoms with Gasteiger partial charge in [-0.1, -0.05) is 25.7 Å². The van der Waals surface area contributed by atoms with E-state index in [1.165, 1.54) is 0 Å². The summed E-state index contributed by atoms with van der Waals surface area (Å²) in [5, 5.41) is 0. The van der Waals surface area contributed by atoms with Crippen molar-refractivity contribution in [1.82, 2.24) is 9.80 Å². The van der Waals surface area contributed by atoms with Gasteiger partial charge in [0.25, 0.3) is 0 Å². The topological polar surface area (TPSA) is 77.5 Å². The minimum atomic E-state index is -0.488. The van der Waals surface area contributed by atoms with E-state index in [4.69, 9.17) is 18.9 Å². The van der Waals surface area contributed by atoms with E-state index in [0.29, 0.717) is 13.2 Å². The number of rotatable bonds is 16. The Kier molecular flexibility index (Phi) is 15.1. The molecule has 0 aliphatic carbocycles. The van der Waals surface area contributed by atoms with Gasteiger partial charge < -0.3 is 18.9 Å². The van der Waals surface area contributed by atoms with Crippen LogP contribution < -0.4 is 0 Å². The molecule has 184 valence electrons. The molecule has 0 radical (unpaired) electrons. The Balaban J connectivity index is 1.34. The molecule has 0 aromatic rings. The zero-order valence-electron chi connectivity index (χ0n) is 19.6. The number of carbonyl (C=O) groups excluding carboxylic acids is 2.